The van der Waals surface area contributed by atoms with Crippen LogP contribution in [0.25, 0.3) is 0 Å². The van der Waals surface area contributed by atoms with Crippen LogP contribution in [0.3, 0.4) is 0 Å². The Morgan fingerprint density at radius 2 is 2.33 bits per heavy atom. The van der Waals surface area contributed by atoms with E-state index in [2.05, 4.69) is 36.9 Å². The van der Waals surface area contributed by atoms with Crippen molar-refractivity contribution in [2.45, 2.75) is 39.3 Å². The van der Waals surface area contributed by atoms with Gasteiger partial charge in [0.15, 0.2) is 0 Å². The first kappa shape index (κ1) is 9.33. The Hall–Kier alpha value is -0.760. The Morgan fingerprint density at radius 1 is 1.58 bits per heavy atom. The van der Waals surface area contributed by atoms with Crippen LogP contribution in [0.1, 0.15) is 25.8 Å². The van der Waals surface area contributed by atoms with E-state index in [1.807, 2.05) is 0 Å². The second kappa shape index (κ2) is 4.31. The first-order valence-electron chi connectivity index (χ1n) is 4.62. The highest BCUT2D eigenvalue weighted by Crippen LogP contribution is 2.05. The van der Waals surface area contributed by atoms with Crippen molar-refractivity contribution in [3.05, 3.63) is 24.0 Å². The molecule has 2 heteroatoms. The summed E-state index contributed by atoms with van der Waals surface area (Å²) in [6, 6.07) is 2.49. The van der Waals surface area contributed by atoms with Crippen LogP contribution in [0.4, 0.5) is 0 Å². The maximum Gasteiger partial charge on any atom is 0.0191 e. The van der Waals surface area contributed by atoms with E-state index in [1.54, 1.807) is 0 Å². The van der Waals surface area contributed by atoms with E-state index >= 15 is 0 Å². The molecule has 68 valence electrons. The number of hydrogen-bond donors (Lipinski definition) is 1. The van der Waals surface area contributed by atoms with Gasteiger partial charge in [0.05, 0.1) is 0 Å². The van der Waals surface area contributed by atoms with Crippen molar-refractivity contribution < 1.29 is 0 Å². The molecular formula is C10H18N2. The highest BCUT2D eigenvalue weighted by molar-refractivity contribution is 5.10. The van der Waals surface area contributed by atoms with Crippen LogP contribution in [-0.2, 0) is 13.0 Å². The third kappa shape index (κ3) is 2.70. The van der Waals surface area contributed by atoms with E-state index in [9.17, 15) is 0 Å². The second-order valence-corrected chi connectivity index (χ2v) is 3.37. The van der Waals surface area contributed by atoms with E-state index in [-0.39, 0.29) is 0 Å². The minimum atomic E-state index is 0.315. The lowest BCUT2D eigenvalue weighted by Gasteiger charge is -2.01. The molecule has 1 aromatic heterocycles. The standard InChI is InChI=1S/C10H18N2/c1-3-12-7-6-10(8-12)5-4-9(2)11/h6-9H,3-5,11H2,1-2H3. The number of aryl methyl sites for hydroxylation is 2. The van der Waals surface area contributed by atoms with Gasteiger partial charge in [-0.05, 0) is 38.3 Å². The molecule has 0 aromatic carbocycles. The van der Waals surface area contributed by atoms with E-state index in [1.165, 1.54) is 5.56 Å². The SMILES string of the molecule is CCn1ccc(CCC(C)N)c1. The highest BCUT2D eigenvalue weighted by Gasteiger charge is 1.98. The Labute approximate surface area is 74.4 Å². The van der Waals surface area contributed by atoms with Crippen molar-refractivity contribution in [2.75, 3.05) is 0 Å². The largest absolute Gasteiger partial charge is 0.354 e. The van der Waals surface area contributed by atoms with E-state index in [0.717, 1.165) is 19.4 Å². The fraction of sp³-hybridized carbons (Fsp3) is 0.600. The molecule has 1 unspecified atom stereocenters. The predicted molar refractivity (Wildman–Crippen MR) is 52.1 cm³/mol. The minimum Gasteiger partial charge on any atom is -0.354 e. The summed E-state index contributed by atoms with van der Waals surface area (Å²) in [5, 5.41) is 0. The zero-order valence-corrected chi connectivity index (χ0v) is 7.96. The van der Waals surface area contributed by atoms with Crippen LogP contribution in [0.2, 0.25) is 0 Å². The normalized spacial score (nSPS) is 13.2. The molecule has 12 heavy (non-hydrogen) atoms. The summed E-state index contributed by atoms with van der Waals surface area (Å²) in [7, 11) is 0. The van der Waals surface area contributed by atoms with Gasteiger partial charge in [0.25, 0.3) is 0 Å². The number of hydrogen-bond acceptors (Lipinski definition) is 1. The Bertz CT molecular complexity index is 225. The monoisotopic (exact) mass is 166 g/mol. The van der Waals surface area contributed by atoms with E-state index < -0.39 is 0 Å². The number of rotatable bonds is 4. The van der Waals surface area contributed by atoms with Crippen molar-refractivity contribution in [3.8, 4) is 0 Å². The predicted octanol–water partition coefficient (Wildman–Crippen LogP) is 1.79. The summed E-state index contributed by atoms with van der Waals surface area (Å²) in [4.78, 5) is 0. The van der Waals surface area contributed by atoms with Crippen molar-refractivity contribution >= 4 is 0 Å². The van der Waals surface area contributed by atoms with Crippen molar-refractivity contribution in [3.63, 3.8) is 0 Å². The summed E-state index contributed by atoms with van der Waals surface area (Å²) in [6.07, 6.45) is 6.50. The summed E-state index contributed by atoms with van der Waals surface area (Å²) < 4.78 is 2.19. The van der Waals surface area contributed by atoms with Crippen LogP contribution in [0.15, 0.2) is 18.5 Å². The lowest BCUT2D eigenvalue weighted by Crippen LogP contribution is -2.15. The fourth-order valence-electron chi connectivity index (χ4n) is 1.23. The zero-order valence-electron chi connectivity index (χ0n) is 7.96. The molecule has 0 saturated heterocycles. The van der Waals surface area contributed by atoms with Crippen LogP contribution in [0.5, 0.6) is 0 Å². The first-order valence-corrected chi connectivity index (χ1v) is 4.62. The van der Waals surface area contributed by atoms with Crippen LogP contribution in [-0.4, -0.2) is 10.6 Å². The van der Waals surface area contributed by atoms with Crippen LogP contribution in [0, 0.1) is 0 Å². The van der Waals surface area contributed by atoms with E-state index in [0.29, 0.717) is 6.04 Å². The van der Waals surface area contributed by atoms with Gasteiger partial charge < -0.3 is 10.3 Å². The molecule has 1 heterocycles. The second-order valence-electron chi connectivity index (χ2n) is 3.37. The maximum atomic E-state index is 5.67. The molecular weight excluding hydrogens is 148 g/mol. The van der Waals surface area contributed by atoms with Gasteiger partial charge >= 0.3 is 0 Å². The Kier molecular flexibility index (Phi) is 3.35. The maximum absolute atomic E-state index is 5.67. The van der Waals surface area contributed by atoms with E-state index in [4.69, 9.17) is 5.73 Å². The van der Waals surface area contributed by atoms with Gasteiger partial charge in [-0.2, -0.15) is 0 Å². The molecule has 2 nitrogen and oxygen atoms in total. The summed E-state index contributed by atoms with van der Waals surface area (Å²) in [5.74, 6) is 0. The summed E-state index contributed by atoms with van der Waals surface area (Å²) in [5.41, 5.74) is 7.07. The lowest BCUT2D eigenvalue weighted by atomic mass is 10.1. The molecule has 0 spiro atoms. The highest BCUT2D eigenvalue weighted by atomic mass is 14.9. The van der Waals surface area contributed by atoms with Gasteiger partial charge in [-0.15, -0.1) is 0 Å². The molecule has 0 saturated carbocycles. The Morgan fingerprint density at radius 3 is 2.83 bits per heavy atom. The molecule has 0 radical (unpaired) electrons. The zero-order chi connectivity index (χ0) is 8.97. The summed E-state index contributed by atoms with van der Waals surface area (Å²) in [6.45, 7) is 5.25. The number of aromatic nitrogens is 1. The van der Waals surface area contributed by atoms with Crippen molar-refractivity contribution in [2.24, 2.45) is 5.73 Å². The topological polar surface area (TPSA) is 30.9 Å². The van der Waals surface area contributed by atoms with Crippen LogP contribution >= 0.6 is 0 Å². The van der Waals surface area contributed by atoms with Gasteiger partial charge in [-0.25, -0.2) is 0 Å². The Balaban J connectivity index is 2.41. The average molecular weight is 166 g/mol. The molecule has 1 aromatic rings. The number of nitrogens with zero attached hydrogens (tertiary/aromatic N) is 1. The van der Waals surface area contributed by atoms with Gasteiger partial charge in [0.2, 0.25) is 0 Å². The smallest absolute Gasteiger partial charge is 0.0191 e. The van der Waals surface area contributed by atoms with Crippen LogP contribution < -0.4 is 5.73 Å². The van der Waals surface area contributed by atoms with Gasteiger partial charge in [0.1, 0.15) is 0 Å². The molecule has 1 rings (SSSR count). The molecule has 0 bridgehead atoms. The van der Waals surface area contributed by atoms with Gasteiger partial charge in [-0.1, -0.05) is 0 Å². The first-order chi connectivity index (χ1) is 5.72. The van der Waals surface area contributed by atoms with Gasteiger partial charge in [0, 0.05) is 25.0 Å². The quantitative estimate of drug-likeness (QED) is 0.726. The molecule has 0 amide bonds. The van der Waals surface area contributed by atoms with Crippen molar-refractivity contribution in [1.29, 1.82) is 0 Å². The molecule has 2 N–H and O–H groups in total. The molecule has 0 aliphatic rings. The summed E-state index contributed by atoms with van der Waals surface area (Å²) >= 11 is 0. The third-order valence-electron chi connectivity index (χ3n) is 2.07. The third-order valence-corrected chi connectivity index (χ3v) is 2.07. The fourth-order valence-corrected chi connectivity index (χ4v) is 1.23. The average Bonchev–Trinajstić information content (AvgIpc) is 2.48. The molecule has 0 aliphatic carbocycles. The minimum absolute atomic E-state index is 0.315. The molecule has 1 atom stereocenters. The van der Waals surface area contributed by atoms with Gasteiger partial charge in [-0.3, -0.25) is 0 Å². The molecule has 0 aliphatic heterocycles. The molecule has 0 fully saturated rings. The van der Waals surface area contributed by atoms with Crippen molar-refractivity contribution in [1.82, 2.24) is 4.57 Å². The lowest BCUT2D eigenvalue weighted by molar-refractivity contribution is 0.664. The number of nitrogens with two attached hydrogens (primary N) is 1.